The van der Waals surface area contributed by atoms with Crippen LogP contribution < -0.4 is 0 Å². The Labute approximate surface area is 353 Å². The minimum atomic E-state index is -4.27. The van der Waals surface area contributed by atoms with Gasteiger partial charge in [0.15, 0.2) is 6.10 Å². The summed E-state index contributed by atoms with van der Waals surface area (Å²) < 4.78 is 34.8. The third-order valence-corrected chi connectivity index (χ3v) is 11.2. The van der Waals surface area contributed by atoms with Crippen LogP contribution in [0.2, 0.25) is 0 Å². The summed E-state index contributed by atoms with van der Waals surface area (Å²) in [6.45, 7) is 4.90. The maximum Gasteiger partial charge on any atom is 0.472 e. The predicted octanol–water partition coefficient (Wildman–Crippen LogP) is 14.5. The van der Waals surface area contributed by atoms with Gasteiger partial charge in [-0.25, -0.2) is 4.57 Å². The molecule has 0 spiro atoms. The molecule has 0 aromatic heterocycles. The van der Waals surface area contributed by atoms with Gasteiger partial charge < -0.3 is 18.9 Å². The van der Waals surface area contributed by atoms with Gasteiger partial charge in [-0.2, -0.15) is 0 Å². The zero-order chi connectivity index (χ0) is 42.0. The van der Waals surface area contributed by atoms with Gasteiger partial charge in [0.1, 0.15) is 19.8 Å². The van der Waals surface area contributed by atoms with Crippen LogP contribution in [0.1, 0.15) is 213 Å². The van der Waals surface area contributed by atoms with E-state index in [-0.39, 0.29) is 25.8 Å². The number of hydrogen-bond acceptors (Lipinski definition) is 6. The minimum Gasteiger partial charge on any atom is -0.492 e. The summed E-state index contributed by atoms with van der Waals surface area (Å²) in [5.41, 5.74) is 0. The maximum absolute atomic E-state index is 12.5. The van der Waals surface area contributed by atoms with Gasteiger partial charge in [-0.05, 0) is 76.7 Å². The molecule has 2 atom stereocenters. The molecule has 8 nitrogen and oxygen atoms in total. The molecule has 0 aliphatic heterocycles. The molecule has 0 aromatic carbocycles. The highest BCUT2D eigenvalue weighted by Crippen LogP contribution is 2.43. The van der Waals surface area contributed by atoms with Gasteiger partial charge in [0.2, 0.25) is 0 Å². The summed E-state index contributed by atoms with van der Waals surface area (Å²) in [6.07, 6.45) is 50.0. The van der Waals surface area contributed by atoms with Gasteiger partial charge in [-0.1, -0.05) is 160 Å². The Morgan fingerprint density at radius 2 is 0.930 bits per heavy atom. The Kier molecular flexibility index (Phi) is 40.3. The number of carbonyl (C=O) groups excluding carboxylic acids is 1. The van der Waals surface area contributed by atoms with Crippen molar-refractivity contribution in [1.29, 1.82) is 0 Å². The van der Waals surface area contributed by atoms with Crippen molar-refractivity contribution in [2.45, 2.75) is 219 Å². The molecular weight excluding hydrogens is 734 g/mol. The second-order valence-electron chi connectivity index (χ2n) is 17.2. The Hall–Kier alpha value is -1.44. The summed E-state index contributed by atoms with van der Waals surface area (Å²) in [6, 6.07) is 0. The summed E-state index contributed by atoms with van der Waals surface area (Å²) in [5, 5.41) is 0. The molecule has 0 fully saturated rings. The first-order chi connectivity index (χ1) is 27.6. The number of phosphoric ester groups is 1. The van der Waals surface area contributed by atoms with Crippen molar-refractivity contribution >= 4 is 13.8 Å². The van der Waals surface area contributed by atoms with Crippen LogP contribution in [0.25, 0.3) is 0 Å². The standard InChI is InChI=1S/C48H92NO7P/c1-6-8-10-12-14-16-18-20-22-24-25-26-27-29-31-33-35-37-39-41-48(50)54-45-47(46-56-57(51,52)55-44-42-49(3,4)5)53-43-40-38-36-34-32-30-28-23-21-19-17-15-13-11-9-7-2/h20-23,40,43,47H,6-19,24-39,41-42,44-46H2,1-5H3/p+1/b22-20-,23-21-,43-40-. The second-order valence-corrected chi connectivity index (χ2v) is 18.6. The SMILES string of the molecule is CCCCCCCC/C=C\CCCCCC/C=C\OC(COC(=O)CCCCCCCCCCC/C=C\CCCCCCCC)COP(=O)(O)OCC[N+](C)(C)C. The Bertz CT molecular complexity index is 1010. The lowest BCUT2D eigenvalue weighted by Gasteiger charge is -2.24. The molecule has 0 saturated heterocycles. The fourth-order valence-corrected chi connectivity index (χ4v) is 7.21. The monoisotopic (exact) mass is 827 g/mol. The van der Waals surface area contributed by atoms with E-state index in [0.717, 1.165) is 44.9 Å². The van der Waals surface area contributed by atoms with Crippen LogP contribution in [0.15, 0.2) is 36.6 Å². The highest BCUT2D eigenvalue weighted by atomic mass is 31.2. The molecule has 0 aliphatic carbocycles. The molecular formula is C48H93NO7P+. The second kappa shape index (κ2) is 41.3. The highest BCUT2D eigenvalue weighted by Gasteiger charge is 2.25. The lowest BCUT2D eigenvalue weighted by molar-refractivity contribution is -0.870. The molecule has 0 rings (SSSR count). The number of unbranched alkanes of at least 4 members (excludes halogenated alkanes) is 26. The fourth-order valence-electron chi connectivity index (χ4n) is 6.47. The molecule has 0 bridgehead atoms. The third-order valence-electron chi connectivity index (χ3n) is 10.3. The molecule has 57 heavy (non-hydrogen) atoms. The molecule has 0 aliphatic rings. The molecule has 1 N–H and O–H groups in total. The number of rotatable bonds is 44. The minimum absolute atomic E-state index is 0.0522. The van der Waals surface area contributed by atoms with Crippen molar-refractivity contribution in [1.82, 2.24) is 0 Å². The lowest BCUT2D eigenvalue weighted by atomic mass is 10.1. The van der Waals surface area contributed by atoms with Crippen LogP contribution in [0.4, 0.5) is 0 Å². The van der Waals surface area contributed by atoms with E-state index < -0.39 is 13.9 Å². The van der Waals surface area contributed by atoms with Crippen molar-refractivity contribution in [2.24, 2.45) is 0 Å². The van der Waals surface area contributed by atoms with Crippen LogP contribution in [0, 0.1) is 0 Å². The number of ether oxygens (including phenoxy) is 2. The van der Waals surface area contributed by atoms with E-state index in [4.69, 9.17) is 18.5 Å². The van der Waals surface area contributed by atoms with Gasteiger partial charge in [0.25, 0.3) is 0 Å². The van der Waals surface area contributed by atoms with Crippen LogP contribution in [0.5, 0.6) is 0 Å². The number of esters is 1. The van der Waals surface area contributed by atoms with Crippen LogP contribution in [0.3, 0.4) is 0 Å². The van der Waals surface area contributed by atoms with E-state index in [1.165, 1.54) is 148 Å². The molecule has 0 saturated carbocycles. The predicted molar refractivity (Wildman–Crippen MR) is 242 cm³/mol. The highest BCUT2D eigenvalue weighted by molar-refractivity contribution is 7.47. The normalized spacial score (nSPS) is 13.9. The number of likely N-dealkylation sites (N-methyl/N-ethyl adjacent to an activating group) is 1. The number of allylic oxidation sites excluding steroid dienone is 5. The first kappa shape index (κ1) is 55.6. The summed E-state index contributed by atoms with van der Waals surface area (Å²) in [5.74, 6) is -0.280. The summed E-state index contributed by atoms with van der Waals surface area (Å²) in [4.78, 5) is 22.7. The smallest absolute Gasteiger partial charge is 0.472 e. The van der Waals surface area contributed by atoms with E-state index in [2.05, 4.69) is 38.2 Å². The third kappa shape index (κ3) is 45.5. The lowest BCUT2D eigenvalue weighted by Crippen LogP contribution is -2.37. The Balaban J connectivity index is 4.23. The molecule has 0 amide bonds. The van der Waals surface area contributed by atoms with E-state index >= 15 is 0 Å². The van der Waals surface area contributed by atoms with E-state index in [0.29, 0.717) is 17.4 Å². The first-order valence-corrected chi connectivity index (χ1v) is 25.3. The Morgan fingerprint density at radius 1 is 0.544 bits per heavy atom. The number of hydrogen-bond donors (Lipinski definition) is 1. The van der Waals surface area contributed by atoms with Gasteiger partial charge in [0, 0.05) is 6.42 Å². The van der Waals surface area contributed by atoms with Gasteiger partial charge in [-0.3, -0.25) is 13.8 Å². The van der Waals surface area contributed by atoms with E-state index in [9.17, 15) is 14.3 Å². The molecule has 9 heteroatoms. The number of nitrogens with zero attached hydrogens (tertiary/aromatic N) is 1. The van der Waals surface area contributed by atoms with Crippen molar-refractivity contribution in [3.05, 3.63) is 36.6 Å². The summed E-state index contributed by atoms with van der Waals surface area (Å²) >= 11 is 0. The molecule has 0 heterocycles. The van der Waals surface area contributed by atoms with Crippen molar-refractivity contribution in [3.8, 4) is 0 Å². The van der Waals surface area contributed by atoms with Crippen LogP contribution in [-0.2, 0) is 27.9 Å². The van der Waals surface area contributed by atoms with Gasteiger partial charge in [0.05, 0.1) is 34.0 Å². The zero-order valence-electron chi connectivity index (χ0n) is 38.1. The Morgan fingerprint density at radius 3 is 1.35 bits per heavy atom. The maximum atomic E-state index is 12.5. The largest absolute Gasteiger partial charge is 0.492 e. The molecule has 336 valence electrons. The van der Waals surface area contributed by atoms with Crippen molar-refractivity contribution < 1.29 is 37.3 Å². The quantitative estimate of drug-likeness (QED) is 0.0163. The van der Waals surface area contributed by atoms with E-state index in [1.54, 1.807) is 6.26 Å². The topological polar surface area (TPSA) is 91.3 Å². The number of phosphoric acid groups is 1. The molecule has 0 aromatic rings. The molecule has 0 radical (unpaired) electrons. The first-order valence-electron chi connectivity index (χ1n) is 23.8. The molecule has 2 unspecified atom stereocenters. The summed E-state index contributed by atoms with van der Waals surface area (Å²) in [7, 11) is 1.67. The number of carbonyl (C=O) groups is 1. The van der Waals surface area contributed by atoms with Gasteiger partial charge >= 0.3 is 13.8 Å². The van der Waals surface area contributed by atoms with Gasteiger partial charge in [-0.15, -0.1) is 0 Å². The fraction of sp³-hybridized carbons (Fsp3) is 0.854. The average molecular weight is 827 g/mol. The van der Waals surface area contributed by atoms with Crippen LogP contribution in [-0.4, -0.2) is 69.0 Å². The van der Waals surface area contributed by atoms with Crippen LogP contribution >= 0.6 is 7.82 Å². The van der Waals surface area contributed by atoms with Crippen molar-refractivity contribution in [3.63, 3.8) is 0 Å². The zero-order valence-corrected chi connectivity index (χ0v) is 39.0. The van der Waals surface area contributed by atoms with E-state index in [1.807, 2.05) is 27.2 Å². The average Bonchev–Trinajstić information content (AvgIpc) is 3.17. The van der Waals surface area contributed by atoms with Crippen molar-refractivity contribution in [2.75, 3.05) is 47.5 Å². The number of quaternary nitrogens is 1.